The molecule has 1 fully saturated rings. The monoisotopic (exact) mass is 273 g/mol. The smallest absolute Gasteiger partial charge is 0.271 e. The molecule has 20 heavy (non-hydrogen) atoms. The molecule has 6 heteroatoms. The molecule has 0 atom stereocenters. The quantitative estimate of drug-likeness (QED) is 0.777. The number of nitrogens with zero attached hydrogens (tertiary/aromatic N) is 3. The van der Waals surface area contributed by atoms with E-state index in [2.05, 4.69) is 16.9 Å². The molecule has 0 unspecified atom stereocenters. The van der Waals surface area contributed by atoms with E-state index < -0.39 is 0 Å². The zero-order chi connectivity index (χ0) is 15.0. The Bertz CT molecular complexity index is 516. The molecule has 0 aliphatic carbocycles. The Morgan fingerprint density at radius 3 is 2.40 bits per heavy atom. The number of hydrogen-bond acceptors (Lipinski definition) is 4. The Balaban J connectivity index is 0.000000956. The second-order valence-electron chi connectivity index (χ2n) is 4.39. The van der Waals surface area contributed by atoms with Crippen molar-refractivity contribution in [1.29, 1.82) is 10.5 Å². The molecular formula is C14H17BFN3O. The van der Waals surface area contributed by atoms with E-state index in [0.29, 0.717) is 18.5 Å². The molecule has 1 aliphatic heterocycles. The summed E-state index contributed by atoms with van der Waals surface area (Å²) in [5.74, 6) is 2.93. The van der Waals surface area contributed by atoms with Crippen LogP contribution in [0.25, 0.3) is 0 Å². The second-order valence-corrected chi connectivity index (χ2v) is 4.39. The van der Waals surface area contributed by atoms with Gasteiger partial charge in [-0.05, 0) is 24.8 Å². The summed E-state index contributed by atoms with van der Waals surface area (Å²) in [7, 11) is 2.07. The van der Waals surface area contributed by atoms with Gasteiger partial charge < -0.3 is 9.64 Å². The van der Waals surface area contributed by atoms with E-state index in [1.807, 2.05) is 12.1 Å². The molecule has 0 spiro atoms. The van der Waals surface area contributed by atoms with Crippen molar-refractivity contribution in [2.75, 3.05) is 32.3 Å². The van der Waals surface area contributed by atoms with Crippen molar-refractivity contribution in [2.45, 2.75) is 12.6 Å². The zero-order valence-electron chi connectivity index (χ0n) is 11.8. The largest absolute Gasteiger partial charge is 0.495 e. The molecular weight excluding hydrogens is 256 g/mol. The third-order valence-corrected chi connectivity index (χ3v) is 3.35. The van der Waals surface area contributed by atoms with Gasteiger partial charge in [-0.1, -0.05) is 0 Å². The summed E-state index contributed by atoms with van der Waals surface area (Å²) in [6.45, 7) is 1.95. The van der Waals surface area contributed by atoms with Crippen molar-refractivity contribution in [1.82, 2.24) is 0 Å². The van der Waals surface area contributed by atoms with Gasteiger partial charge in [0.15, 0.2) is 0 Å². The van der Waals surface area contributed by atoms with Crippen LogP contribution in [0.1, 0.15) is 5.56 Å². The maximum atomic E-state index is 9.50. The number of ether oxygens (including phenoxy) is 1. The lowest BCUT2D eigenvalue weighted by molar-refractivity contribution is 0.413. The van der Waals surface area contributed by atoms with Gasteiger partial charge in [-0.3, -0.25) is 4.39 Å². The molecule has 104 valence electrons. The number of alkyl halides is 1. The lowest BCUT2D eigenvalue weighted by Crippen LogP contribution is -2.36. The van der Waals surface area contributed by atoms with Gasteiger partial charge >= 0.3 is 0 Å². The van der Waals surface area contributed by atoms with Crippen molar-refractivity contribution in [2.24, 2.45) is 0 Å². The zero-order valence-corrected chi connectivity index (χ0v) is 11.8. The van der Waals surface area contributed by atoms with Gasteiger partial charge in [0.2, 0.25) is 0 Å². The number of halogens is 1. The first kappa shape index (κ1) is 15.9. The van der Waals surface area contributed by atoms with E-state index in [0.717, 1.165) is 31.4 Å². The normalized spacial score (nSPS) is 13.7. The molecule has 2 rings (SSSR count). The highest BCUT2D eigenvalue weighted by atomic mass is 19.1. The van der Waals surface area contributed by atoms with Gasteiger partial charge in [0.1, 0.15) is 11.8 Å². The van der Waals surface area contributed by atoms with Crippen molar-refractivity contribution < 1.29 is 9.13 Å². The number of benzene rings is 1. The number of anilines is 1. The number of nitriles is 2. The fourth-order valence-corrected chi connectivity index (χ4v) is 2.24. The third-order valence-electron chi connectivity index (χ3n) is 3.35. The minimum Gasteiger partial charge on any atom is -0.495 e. The number of methoxy groups -OCH3 is 1. The standard InChI is InChI=1S/C13H14BN3O.CH3F/c1-18-13-8-12(3-2-11(13)9-15)17-6-4-14(10-16)5-7-17;1-2/h2-3,8H,4-7H2,1H3;1H3. The Hall–Kier alpha value is -2.21. The summed E-state index contributed by atoms with van der Waals surface area (Å²) >= 11 is 0. The molecule has 0 bridgehead atoms. The number of rotatable bonds is 2. The molecule has 1 aliphatic rings. The maximum absolute atomic E-state index is 9.50. The predicted octanol–water partition coefficient (Wildman–Crippen LogP) is 2.53. The fourth-order valence-electron chi connectivity index (χ4n) is 2.24. The van der Waals surface area contributed by atoms with Crippen LogP contribution in [0, 0.1) is 22.6 Å². The SMILES string of the molecule is CF.COc1cc(N2CCB(C#N)CC2)ccc1C#N. The fraction of sp³-hybridized carbons (Fsp3) is 0.429. The summed E-state index contributed by atoms with van der Waals surface area (Å²) in [6.07, 6.45) is 1.80. The average molecular weight is 273 g/mol. The topological polar surface area (TPSA) is 60.0 Å². The first-order valence-corrected chi connectivity index (χ1v) is 6.39. The summed E-state index contributed by atoms with van der Waals surface area (Å²) in [4.78, 5) is 2.23. The van der Waals surface area contributed by atoms with Gasteiger partial charge in [0.25, 0.3) is 6.71 Å². The van der Waals surface area contributed by atoms with E-state index in [4.69, 9.17) is 15.3 Å². The van der Waals surface area contributed by atoms with Gasteiger partial charge in [-0.2, -0.15) is 5.26 Å². The summed E-state index contributed by atoms with van der Waals surface area (Å²) in [5, 5.41) is 17.8. The van der Waals surface area contributed by atoms with Crippen LogP contribution < -0.4 is 9.64 Å². The molecule has 0 N–H and O–H groups in total. The van der Waals surface area contributed by atoms with E-state index in [1.165, 1.54) is 0 Å². The maximum Gasteiger partial charge on any atom is 0.271 e. The molecule has 1 aromatic rings. The van der Waals surface area contributed by atoms with E-state index in [1.54, 1.807) is 13.2 Å². The van der Waals surface area contributed by atoms with Crippen LogP contribution >= 0.6 is 0 Å². The van der Waals surface area contributed by atoms with Crippen LogP contribution in [0.15, 0.2) is 18.2 Å². The molecule has 0 amide bonds. The molecule has 1 saturated heterocycles. The third kappa shape index (κ3) is 3.65. The Kier molecular flexibility index (Phi) is 6.39. The number of hydrogen-bond donors (Lipinski definition) is 0. The molecule has 0 aromatic heterocycles. The van der Waals surface area contributed by atoms with Crippen molar-refractivity contribution in [3.05, 3.63) is 23.8 Å². The molecule has 1 aromatic carbocycles. The molecule has 1 heterocycles. The Morgan fingerprint density at radius 1 is 1.25 bits per heavy atom. The van der Waals surface area contributed by atoms with Crippen molar-refractivity contribution in [3.63, 3.8) is 0 Å². The highest BCUT2D eigenvalue weighted by Crippen LogP contribution is 2.27. The van der Waals surface area contributed by atoms with Crippen LogP contribution in [-0.4, -0.2) is 34.1 Å². The second kappa shape index (κ2) is 8.06. The van der Waals surface area contributed by atoms with Gasteiger partial charge in [0.05, 0.1) is 19.9 Å². The van der Waals surface area contributed by atoms with Crippen LogP contribution in [0.3, 0.4) is 0 Å². The van der Waals surface area contributed by atoms with Gasteiger partial charge in [-0.25, -0.2) is 5.26 Å². The van der Waals surface area contributed by atoms with Crippen LogP contribution in [0.5, 0.6) is 5.75 Å². The van der Waals surface area contributed by atoms with Crippen LogP contribution in [0.2, 0.25) is 12.6 Å². The summed E-state index contributed by atoms with van der Waals surface area (Å²) in [5.41, 5.74) is 1.61. The highest BCUT2D eigenvalue weighted by Gasteiger charge is 2.23. The van der Waals surface area contributed by atoms with Crippen molar-refractivity contribution in [3.8, 4) is 17.8 Å². The first-order valence-electron chi connectivity index (χ1n) is 6.39. The molecule has 4 nitrogen and oxygen atoms in total. The van der Waals surface area contributed by atoms with E-state index >= 15 is 0 Å². The van der Waals surface area contributed by atoms with Gasteiger partial charge in [0, 0.05) is 30.8 Å². The lowest BCUT2D eigenvalue weighted by atomic mass is 9.45. The Morgan fingerprint density at radius 2 is 1.90 bits per heavy atom. The Labute approximate surface area is 119 Å². The predicted molar refractivity (Wildman–Crippen MR) is 77.9 cm³/mol. The van der Waals surface area contributed by atoms with E-state index in [-0.39, 0.29) is 6.71 Å². The van der Waals surface area contributed by atoms with Gasteiger partial charge in [-0.15, -0.1) is 0 Å². The highest BCUT2D eigenvalue weighted by molar-refractivity contribution is 6.67. The minimum absolute atomic E-state index is 0.182. The van der Waals surface area contributed by atoms with E-state index in [9.17, 15) is 4.39 Å². The first-order chi connectivity index (χ1) is 9.78. The van der Waals surface area contributed by atoms with Crippen LogP contribution in [-0.2, 0) is 0 Å². The van der Waals surface area contributed by atoms with Crippen LogP contribution in [0.4, 0.5) is 10.1 Å². The summed E-state index contributed by atoms with van der Waals surface area (Å²) < 4.78 is 14.7. The molecule has 0 radical (unpaired) electrons. The average Bonchev–Trinajstić information content (AvgIpc) is 2.56. The minimum atomic E-state index is 0.182. The lowest BCUT2D eigenvalue weighted by Gasteiger charge is -2.30. The molecule has 0 saturated carbocycles. The van der Waals surface area contributed by atoms with Crippen molar-refractivity contribution >= 4 is 12.4 Å². The summed E-state index contributed by atoms with van der Waals surface area (Å²) in [6, 6.07) is 7.72.